The van der Waals surface area contributed by atoms with Crippen LogP contribution in [0.5, 0.6) is 5.88 Å². The van der Waals surface area contributed by atoms with Crippen LogP contribution in [-0.4, -0.2) is 43.3 Å². The van der Waals surface area contributed by atoms with Gasteiger partial charge in [-0.3, -0.25) is 0 Å². The largest absolute Gasteiger partial charge is 0.475 e. The van der Waals surface area contributed by atoms with E-state index >= 15 is 0 Å². The molecule has 0 aliphatic carbocycles. The maximum absolute atomic E-state index is 12.3. The first-order valence-corrected chi connectivity index (χ1v) is 10.3. The Balaban J connectivity index is 1.49. The third kappa shape index (κ3) is 6.09. The minimum atomic E-state index is -0.302. The lowest BCUT2D eigenvalue weighted by atomic mass is 10.2. The molecule has 29 heavy (non-hydrogen) atoms. The smallest absolute Gasteiger partial charge is 0.323 e. The zero-order valence-corrected chi connectivity index (χ0v) is 17.4. The van der Waals surface area contributed by atoms with Gasteiger partial charge in [-0.2, -0.15) is 0 Å². The summed E-state index contributed by atoms with van der Waals surface area (Å²) in [6.07, 6.45) is 4.92. The molecule has 1 aromatic heterocycles. The minimum Gasteiger partial charge on any atom is -0.475 e. The highest BCUT2D eigenvalue weighted by molar-refractivity contribution is 5.99. The number of urea groups is 1. The number of amides is 2. The molecule has 0 radical (unpaired) electrons. The number of pyridine rings is 1. The summed E-state index contributed by atoms with van der Waals surface area (Å²) in [7, 11) is 2.00. The lowest BCUT2D eigenvalue weighted by molar-refractivity contribution is 0.201. The van der Waals surface area contributed by atoms with Crippen molar-refractivity contribution in [2.24, 2.45) is 0 Å². The van der Waals surface area contributed by atoms with Crippen molar-refractivity contribution in [2.45, 2.75) is 45.3 Å². The highest BCUT2D eigenvalue weighted by Gasteiger charge is 2.20. The predicted molar refractivity (Wildman–Crippen MR) is 118 cm³/mol. The van der Waals surface area contributed by atoms with E-state index in [0.717, 1.165) is 38.0 Å². The first kappa shape index (κ1) is 20.9. The van der Waals surface area contributed by atoms with Crippen molar-refractivity contribution < 1.29 is 9.53 Å². The van der Waals surface area contributed by atoms with E-state index in [0.29, 0.717) is 17.6 Å². The first-order valence-electron chi connectivity index (χ1n) is 10.3. The van der Waals surface area contributed by atoms with Gasteiger partial charge in [0.05, 0.1) is 18.0 Å². The van der Waals surface area contributed by atoms with Gasteiger partial charge in [-0.1, -0.05) is 13.3 Å². The molecule has 2 unspecified atom stereocenters. The number of carbonyl (C=O) groups is 1. The zero-order valence-electron chi connectivity index (χ0n) is 17.4. The number of hydrogen-bond acceptors (Lipinski definition) is 5. The van der Waals surface area contributed by atoms with Crippen molar-refractivity contribution in [3.8, 4) is 5.88 Å². The van der Waals surface area contributed by atoms with Gasteiger partial charge in [-0.05, 0) is 57.1 Å². The molecule has 2 heterocycles. The van der Waals surface area contributed by atoms with Gasteiger partial charge in [0.15, 0.2) is 0 Å². The van der Waals surface area contributed by atoms with Gasteiger partial charge >= 0.3 is 6.03 Å². The van der Waals surface area contributed by atoms with Crippen molar-refractivity contribution in [3.05, 3.63) is 42.6 Å². The summed E-state index contributed by atoms with van der Waals surface area (Å²) in [5.74, 6) is 0.565. The third-order valence-corrected chi connectivity index (χ3v) is 5.10. The number of nitrogens with zero attached hydrogens (tertiary/aromatic N) is 2. The Labute approximate surface area is 172 Å². The van der Waals surface area contributed by atoms with E-state index in [1.807, 2.05) is 38.2 Å². The second-order valence-corrected chi connectivity index (χ2v) is 7.45. The number of nitrogens with one attached hydrogen (secondary N) is 3. The van der Waals surface area contributed by atoms with E-state index in [1.54, 1.807) is 18.3 Å². The monoisotopic (exact) mass is 397 g/mol. The molecule has 2 atom stereocenters. The van der Waals surface area contributed by atoms with Gasteiger partial charge in [0.1, 0.15) is 0 Å². The van der Waals surface area contributed by atoms with Gasteiger partial charge in [0, 0.05) is 36.6 Å². The number of ether oxygens (including phenoxy) is 1. The molecular weight excluding hydrogens is 366 g/mol. The van der Waals surface area contributed by atoms with Crippen LogP contribution in [0.3, 0.4) is 0 Å². The number of anilines is 3. The van der Waals surface area contributed by atoms with Crippen LogP contribution >= 0.6 is 0 Å². The van der Waals surface area contributed by atoms with Crippen LogP contribution in [0.25, 0.3) is 0 Å². The van der Waals surface area contributed by atoms with Crippen molar-refractivity contribution in [2.75, 3.05) is 35.7 Å². The first-order chi connectivity index (χ1) is 14.1. The van der Waals surface area contributed by atoms with Crippen LogP contribution in [0, 0.1) is 0 Å². The molecule has 1 saturated heterocycles. The van der Waals surface area contributed by atoms with Crippen molar-refractivity contribution >= 4 is 23.1 Å². The highest BCUT2D eigenvalue weighted by atomic mass is 16.5. The lowest BCUT2D eigenvalue weighted by Crippen LogP contribution is -2.29. The standard InChI is InChI=1S/C22H31N5O2/c1-4-5-16(2)29-21-11-8-18(14-24-21)26-22(28)25-17-6-9-20(10-7-17)27-13-12-19(15-27)23-3/h6-11,14,16,19,23H,4-5,12-13,15H2,1-3H3,(H2,25,26,28). The molecular formula is C22H31N5O2. The van der Waals surface area contributed by atoms with Crippen LogP contribution < -0.4 is 25.6 Å². The Hall–Kier alpha value is -2.80. The molecule has 3 rings (SSSR count). The number of rotatable bonds is 8. The number of aromatic nitrogens is 1. The second-order valence-electron chi connectivity index (χ2n) is 7.45. The minimum absolute atomic E-state index is 0.127. The zero-order chi connectivity index (χ0) is 20.6. The van der Waals surface area contributed by atoms with Crippen LogP contribution in [0.15, 0.2) is 42.6 Å². The summed E-state index contributed by atoms with van der Waals surface area (Å²) in [5.41, 5.74) is 2.53. The molecule has 0 bridgehead atoms. The molecule has 0 saturated carbocycles. The molecule has 156 valence electrons. The van der Waals surface area contributed by atoms with E-state index in [1.165, 1.54) is 5.69 Å². The molecule has 1 aromatic carbocycles. The van der Waals surface area contributed by atoms with E-state index in [2.05, 4.69) is 32.8 Å². The molecule has 2 aromatic rings. The highest BCUT2D eigenvalue weighted by Crippen LogP contribution is 2.22. The van der Waals surface area contributed by atoms with Crippen LogP contribution in [-0.2, 0) is 0 Å². The number of likely N-dealkylation sites (N-methyl/N-ethyl adjacent to an activating group) is 1. The fourth-order valence-electron chi connectivity index (χ4n) is 3.47. The maximum Gasteiger partial charge on any atom is 0.323 e. The summed E-state index contributed by atoms with van der Waals surface area (Å²) in [5, 5.41) is 8.97. The molecule has 7 heteroatoms. The van der Waals surface area contributed by atoms with Crippen molar-refractivity contribution in [1.29, 1.82) is 0 Å². The molecule has 0 spiro atoms. The Morgan fingerprint density at radius 2 is 1.93 bits per heavy atom. The SMILES string of the molecule is CCCC(C)Oc1ccc(NC(=O)Nc2ccc(N3CCC(NC)C3)cc2)cn1. The molecule has 1 aliphatic rings. The maximum atomic E-state index is 12.3. The van der Waals surface area contributed by atoms with E-state index in [4.69, 9.17) is 4.74 Å². The van der Waals surface area contributed by atoms with Gasteiger partial charge in [0.2, 0.25) is 5.88 Å². The van der Waals surface area contributed by atoms with Gasteiger partial charge in [0.25, 0.3) is 0 Å². The number of hydrogen-bond donors (Lipinski definition) is 3. The molecule has 2 amide bonds. The predicted octanol–water partition coefficient (Wildman–Crippen LogP) is 4.09. The number of benzene rings is 1. The fourth-order valence-corrected chi connectivity index (χ4v) is 3.47. The van der Waals surface area contributed by atoms with E-state index < -0.39 is 0 Å². The lowest BCUT2D eigenvalue weighted by Gasteiger charge is -2.19. The summed E-state index contributed by atoms with van der Waals surface area (Å²) in [4.78, 5) is 18.9. The third-order valence-electron chi connectivity index (χ3n) is 5.10. The van der Waals surface area contributed by atoms with Crippen molar-refractivity contribution in [1.82, 2.24) is 10.3 Å². The molecule has 7 nitrogen and oxygen atoms in total. The fraction of sp³-hybridized carbons (Fsp3) is 0.455. The average molecular weight is 398 g/mol. The Morgan fingerprint density at radius 1 is 1.21 bits per heavy atom. The van der Waals surface area contributed by atoms with Gasteiger partial charge in [-0.25, -0.2) is 9.78 Å². The molecule has 1 fully saturated rings. The quantitative estimate of drug-likeness (QED) is 0.625. The van der Waals surface area contributed by atoms with Crippen LogP contribution in [0.1, 0.15) is 33.1 Å². The normalized spacial score (nSPS) is 17.1. The van der Waals surface area contributed by atoms with Crippen LogP contribution in [0.2, 0.25) is 0 Å². The van der Waals surface area contributed by atoms with E-state index in [-0.39, 0.29) is 12.1 Å². The summed E-state index contributed by atoms with van der Waals surface area (Å²) < 4.78 is 5.73. The Bertz CT molecular complexity index is 779. The average Bonchev–Trinajstić information content (AvgIpc) is 3.19. The van der Waals surface area contributed by atoms with Gasteiger partial charge < -0.3 is 25.6 Å². The second kappa shape index (κ2) is 10.1. The molecule has 1 aliphatic heterocycles. The number of carbonyl (C=O) groups excluding carboxylic acids is 1. The van der Waals surface area contributed by atoms with Gasteiger partial charge in [-0.15, -0.1) is 0 Å². The summed E-state index contributed by atoms with van der Waals surface area (Å²) >= 11 is 0. The van der Waals surface area contributed by atoms with Crippen molar-refractivity contribution in [3.63, 3.8) is 0 Å². The topological polar surface area (TPSA) is 78.5 Å². The summed E-state index contributed by atoms with van der Waals surface area (Å²) in [6.45, 7) is 6.20. The van der Waals surface area contributed by atoms with E-state index in [9.17, 15) is 4.79 Å². The Morgan fingerprint density at radius 3 is 2.55 bits per heavy atom. The van der Waals surface area contributed by atoms with Crippen LogP contribution in [0.4, 0.5) is 21.9 Å². The summed E-state index contributed by atoms with van der Waals surface area (Å²) in [6, 6.07) is 11.7. The Kier molecular flexibility index (Phi) is 7.30. The molecule has 3 N–H and O–H groups in total.